The average molecular weight is 386 g/mol. The first-order valence-electron chi connectivity index (χ1n) is 8.97. The molecule has 1 atom stereocenters. The molecule has 0 aliphatic carbocycles. The Balaban J connectivity index is 1.51. The summed E-state index contributed by atoms with van der Waals surface area (Å²) in [7, 11) is 1.62. The Kier molecular flexibility index (Phi) is 6.37. The monoisotopic (exact) mass is 385 g/mol. The van der Waals surface area contributed by atoms with Gasteiger partial charge in [-0.05, 0) is 62.4 Å². The van der Waals surface area contributed by atoms with Crippen molar-refractivity contribution in [3.8, 4) is 11.5 Å². The van der Waals surface area contributed by atoms with Crippen LogP contribution >= 0.6 is 11.6 Å². The first-order valence-corrected chi connectivity index (χ1v) is 9.34. The summed E-state index contributed by atoms with van der Waals surface area (Å²) < 4.78 is 5.23. The van der Waals surface area contributed by atoms with Crippen LogP contribution in [0.25, 0.3) is 10.9 Å². The Morgan fingerprint density at radius 1 is 1.15 bits per heavy atom. The van der Waals surface area contributed by atoms with Crippen molar-refractivity contribution in [3.05, 3.63) is 59.2 Å². The molecule has 3 rings (SSSR count). The second kappa shape index (κ2) is 8.93. The molecule has 6 heteroatoms. The summed E-state index contributed by atoms with van der Waals surface area (Å²) in [5.41, 5.74) is 2.77. The fraction of sp³-hybridized carbons (Fsp3) is 0.286. The van der Waals surface area contributed by atoms with Crippen molar-refractivity contribution in [2.75, 3.05) is 25.5 Å². The molecule has 1 aromatic heterocycles. The lowest BCUT2D eigenvalue weighted by atomic mass is 10.1. The zero-order valence-corrected chi connectivity index (χ0v) is 16.3. The van der Waals surface area contributed by atoms with Crippen molar-refractivity contribution in [1.82, 2.24) is 10.3 Å². The molecule has 2 aromatic carbocycles. The van der Waals surface area contributed by atoms with Gasteiger partial charge >= 0.3 is 0 Å². The normalized spacial score (nSPS) is 12.1. The molecule has 0 spiro atoms. The van der Waals surface area contributed by atoms with Gasteiger partial charge in [-0.15, -0.1) is 0 Å². The first-order chi connectivity index (χ1) is 13.1. The molecule has 3 aromatic rings. The van der Waals surface area contributed by atoms with Gasteiger partial charge in [0.2, 0.25) is 0 Å². The number of hydrogen-bond donors (Lipinski definition) is 3. The van der Waals surface area contributed by atoms with Gasteiger partial charge in [0.1, 0.15) is 11.5 Å². The molecule has 1 heterocycles. The highest BCUT2D eigenvalue weighted by Crippen LogP contribution is 2.28. The van der Waals surface area contributed by atoms with E-state index < -0.39 is 0 Å². The number of halogens is 1. The van der Waals surface area contributed by atoms with E-state index in [9.17, 15) is 5.11 Å². The van der Waals surface area contributed by atoms with E-state index in [0.717, 1.165) is 47.4 Å². The Bertz CT molecular complexity index is 917. The number of rotatable bonds is 8. The lowest BCUT2D eigenvalue weighted by Crippen LogP contribution is -2.22. The van der Waals surface area contributed by atoms with Crippen molar-refractivity contribution >= 4 is 28.2 Å². The number of phenols is 1. The van der Waals surface area contributed by atoms with Crippen molar-refractivity contribution < 1.29 is 9.84 Å². The van der Waals surface area contributed by atoms with Gasteiger partial charge in [-0.2, -0.15) is 0 Å². The number of ether oxygens (including phenoxy) is 1. The molecule has 3 N–H and O–H groups in total. The zero-order valence-electron chi connectivity index (χ0n) is 15.5. The number of anilines is 1. The van der Waals surface area contributed by atoms with Gasteiger partial charge in [0.05, 0.1) is 12.6 Å². The van der Waals surface area contributed by atoms with Gasteiger partial charge in [0, 0.05) is 40.4 Å². The fourth-order valence-electron chi connectivity index (χ4n) is 3.02. The third-order valence-corrected chi connectivity index (χ3v) is 4.76. The van der Waals surface area contributed by atoms with Crippen LogP contribution in [0.15, 0.2) is 48.7 Å². The first kappa shape index (κ1) is 19.3. The summed E-state index contributed by atoms with van der Waals surface area (Å²) in [6, 6.07) is 13.0. The highest BCUT2D eigenvalue weighted by atomic mass is 35.5. The second-order valence-electron chi connectivity index (χ2n) is 6.40. The van der Waals surface area contributed by atoms with Crippen molar-refractivity contribution in [2.24, 2.45) is 0 Å². The van der Waals surface area contributed by atoms with Gasteiger partial charge in [-0.25, -0.2) is 0 Å². The van der Waals surface area contributed by atoms with Crippen LogP contribution in [-0.2, 0) is 0 Å². The van der Waals surface area contributed by atoms with E-state index in [1.165, 1.54) is 0 Å². The summed E-state index contributed by atoms with van der Waals surface area (Å²) >= 11 is 6.03. The van der Waals surface area contributed by atoms with Crippen LogP contribution in [0.4, 0.5) is 5.69 Å². The minimum Gasteiger partial charge on any atom is -0.508 e. The molecule has 0 radical (unpaired) electrons. The quantitative estimate of drug-likeness (QED) is 0.488. The zero-order chi connectivity index (χ0) is 19.2. The summed E-state index contributed by atoms with van der Waals surface area (Å²) in [6.45, 7) is 3.67. The number of methoxy groups -OCH3 is 1. The second-order valence-corrected chi connectivity index (χ2v) is 6.84. The number of aromatic nitrogens is 1. The maximum Gasteiger partial charge on any atom is 0.120 e. The van der Waals surface area contributed by atoms with Crippen LogP contribution in [0.5, 0.6) is 11.5 Å². The maximum atomic E-state index is 10.0. The molecule has 142 valence electrons. The Morgan fingerprint density at radius 3 is 2.81 bits per heavy atom. The van der Waals surface area contributed by atoms with Gasteiger partial charge in [-0.3, -0.25) is 4.98 Å². The van der Waals surface area contributed by atoms with Crippen LogP contribution in [0.3, 0.4) is 0 Å². The number of aromatic hydroxyl groups is 1. The number of phenolic OH excluding ortho intramolecular Hbond substituents is 1. The molecule has 0 aliphatic heterocycles. The molecule has 0 fully saturated rings. The van der Waals surface area contributed by atoms with Gasteiger partial charge in [0.25, 0.3) is 0 Å². The number of hydrogen-bond acceptors (Lipinski definition) is 5. The molecule has 1 unspecified atom stereocenters. The van der Waals surface area contributed by atoms with Crippen LogP contribution in [0.2, 0.25) is 5.02 Å². The molecular formula is C21H24ClN3O2. The highest BCUT2D eigenvalue weighted by Gasteiger charge is 2.11. The van der Waals surface area contributed by atoms with E-state index >= 15 is 0 Å². The van der Waals surface area contributed by atoms with Crippen LogP contribution < -0.4 is 15.4 Å². The fourth-order valence-corrected chi connectivity index (χ4v) is 3.19. The molecule has 27 heavy (non-hydrogen) atoms. The Hall–Kier alpha value is -2.50. The molecule has 0 bridgehead atoms. The smallest absolute Gasteiger partial charge is 0.120 e. The molecule has 5 nitrogen and oxygen atoms in total. The van der Waals surface area contributed by atoms with E-state index in [2.05, 4.69) is 15.6 Å². The van der Waals surface area contributed by atoms with E-state index in [4.69, 9.17) is 16.3 Å². The lowest BCUT2D eigenvalue weighted by molar-refractivity contribution is 0.407. The van der Waals surface area contributed by atoms with E-state index in [1.54, 1.807) is 25.4 Å². The van der Waals surface area contributed by atoms with Crippen molar-refractivity contribution in [2.45, 2.75) is 19.4 Å². The van der Waals surface area contributed by atoms with E-state index in [-0.39, 0.29) is 11.8 Å². The predicted octanol–water partition coefficient (Wildman–Crippen LogP) is 4.76. The van der Waals surface area contributed by atoms with Crippen LogP contribution in [-0.4, -0.2) is 30.3 Å². The third kappa shape index (κ3) is 4.81. The van der Waals surface area contributed by atoms with Crippen LogP contribution in [0, 0.1) is 0 Å². The van der Waals surface area contributed by atoms with Gasteiger partial charge < -0.3 is 20.5 Å². The number of benzene rings is 2. The average Bonchev–Trinajstić information content (AvgIpc) is 2.67. The van der Waals surface area contributed by atoms with Crippen LogP contribution in [0.1, 0.15) is 24.9 Å². The van der Waals surface area contributed by atoms with E-state index in [1.807, 2.05) is 37.3 Å². The largest absolute Gasteiger partial charge is 0.508 e. The SMILES string of the molecule is COc1ccc(O)c(C(C)NCCCNc2ccnc3cc(Cl)ccc23)c1. The molecule has 0 aliphatic rings. The lowest BCUT2D eigenvalue weighted by Gasteiger charge is -2.17. The Morgan fingerprint density at radius 2 is 2.00 bits per heavy atom. The van der Waals surface area contributed by atoms with Crippen molar-refractivity contribution in [3.63, 3.8) is 0 Å². The minimum absolute atomic E-state index is 0.0315. The summed E-state index contributed by atoms with van der Waals surface area (Å²) in [5.74, 6) is 1.01. The number of pyridine rings is 1. The molecule has 0 saturated heterocycles. The highest BCUT2D eigenvalue weighted by molar-refractivity contribution is 6.31. The number of nitrogens with one attached hydrogen (secondary N) is 2. The standard InChI is InChI=1S/C21H24ClN3O2/c1-14(18-13-16(27-2)5-7-21(18)26)23-9-3-10-24-19-8-11-25-20-12-15(22)4-6-17(19)20/h4-8,11-14,23,26H,3,9-10H2,1-2H3,(H,24,25). The van der Waals surface area contributed by atoms with Gasteiger partial charge in [-0.1, -0.05) is 11.6 Å². The van der Waals surface area contributed by atoms with Crippen molar-refractivity contribution in [1.29, 1.82) is 0 Å². The summed E-state index contributed by atoms with van der Waals surface area (Å²) in [6.07, 6.45) is 2.72. The maximum absolute atomic E-state index is 10.0. The Labute approximate surface area is 164 Å². The topological polar surface area (TPSA) is 66.4 Å². The number of fused-ring (bicyclic) bond motifs is 1. The van der Waals surface area contributed by atoms with E-state index in [0.29, 0.717) is 5.02 Å². The number of nitrogens with zero attached hydrogens (tertiary/aromatic N) is 1. The third-order valence-electron chi connectivity index (χ3n) is 4.53. The minimum atomic E-state index is 0.0315. The summed E-state index contributed by atoms with van der Waals surface area (Å²) in [5, 5.41) is 18.7. The molecule has 0 amide bonds. The summed E-state index contributed by atoms with van der Waals surface area (Å²) in [4.78, 5) is 4.36. The predicted molar refractivity (Wildman–Crippen MR) is 111 cm³/mol. The van der Waals surface area contributed by atoms with Gasteiger partial charge in [0.15, 0.2) is 0 Å². The molecular weight excluding hydrogens is 362 g/mol. The molecule has 0 saturated carbocycles.